The van der Waals surface area contributed by atoms with Crippen LogP contribution in [0.15, 0.2) is 42.1 Å². The van der Waals surface area contributed by atoms with E-state index in [9.17, 15) is 9.18 Å². The maximum absolute atomic E-state index is 13.4. The zero-order valence-electron chi connectivity index (χ0n) is 14.7. The lowest BCUT2D eigenvalue weighted by atomic mass is 10.3. The molecule has 1 aromatic carbocycles. The summed E-state index contributed by atoms with van der Waals surface area (Å²) in [6, 6.07) is 5.78. The van der Waals surface area contributed by atoms with Crippen LogP contribution in [0.4, 0.5) is 4.39 Å². The molecule has 142 valence electrons. The molecule has 4 rings (SSSR count). The number of halogens is 1. The Hall–Kier alpha value is -3.34. The Morgan fingerprint density at radius 2 is 2.07 bits per heavy atom. The third kappa shape index (κ3) is 3.20. The number of methoxy groups -OCH3 is 1. The molecule has 9 nitrogen and oxygen atoms in total. The van der Waals surface area contributed by atoms with Crippen molar-refractivity contribution >= 4 is 34.7 Å². The topological polar surface area (TPSA) is 100 Å². The monoisotopic (exact) mass is 399 g/mol. The number of carbonyl (C=O) groups is 1. The Balaban J connectivity index is 1.96. The van der Waals surface area contributed by atoms with Gasteiger partial charge in [0.1, 0.15) is 11.5 Å². The first-order chi connectivity index (χ1) is 13.6. The first kappa shape index (κ1) is 18.0. The molecule has 0 fully saturated rings. The molecule has 11 heteroatoms. The number of benzene rings is 1. The molecular formula is C17H14FN7O2S. The highest BCUT2D eigenvalue weighted by atomic mass is 32.2. The zero-order chi connectivity index (χ0) is 19.7. The molecule has 0 saturated heterocycles. The Morgan fingerprint density at radius 1 is 1.29 bits per heavy atom. The first-order valence-corrected chi connectivity index (χ1v) is 9.16. The minimum Gasteiger partial charge on any atom is -0.469 e. The molecule has 0 aliphatic rings. The number of fused-ring (bicyclic) bond motifs is 3. The van der Waals surface area contributed by atoms with Crippen LogP contribution in [0.25, 0.3) is 22.6 Å². The summed E-state index contributed by atoms with van der Waals surface area (Å²) in [6.07, 6.45) is 1.66. The number of thioether (sulfide) groups is 1. The van der Waals surface area contributed by atoms with Gasteiger partial charge in [0, 0.05) is 5.75 Å². The van der Waals surface area contributed by atoms with Crippen molar-refractivity contribution in [3.63, 3.8) is 0 Å². The number of hydrogen-bond donors (Lipinski definition) is 0. The average Bonchev–Trinajstić information content (AvgIpc) is 3.28. The number of hydrogen-bond acceptors (Lipinski definition) is 8. The van der Waals surface area contributed by atoms with Crippen LogP contribution >= 0.6 is 11.8 Å². The van der Waals surface area contributed by atoms with Crippen LogP contribution in [0.3, 0.4) is 0 Å². The normalized spacial score (nSPS) is 11.2. The fraction of sp³-hybridized carbons (Fsp3) is 0.176. The van der Waals surface area contributed by atoms with E-state index in [0.29, 0.717) is 33.5 Å². The number of rotatable bonds is 6. The van der Waals surface area contributed by atoms with Gasteiger partial charge in [-0.2, -0.15) is 14.6 Å². The van der Waals surface area contributed by atoms with Crippen molar-refractivity contribution < 1.29 is 13.9 Å². The van der Waals surface area contributed by atoms with Gasteiger partial charge in [-0.1, -0.05) is 17.8 Å². The lowest BCUT2D eigenvalue weighted by Gasteiger charge is -2.03. The maximum Gasteiger partial charge on any atom is 0.311 e. The summed E-state index contributed by atoms with van der Waals surface area (Å²) in [5.74, 6) is 0.0854. The predicted octanol–water partition coefficient (Wildman–Crippen LogP) is 1.99. The number of esters is 1. The van der Waals surface area contributed by atoms with E-state index in [2.05, 4.69) is 32.0 Å². The smallest absolute Gasteiger partial charge is 0.311 e. The molecule has 0 unspecified atom stereocenters. The van der Waals surface area contributed by atoms with E-state index in [-0.39, 0.29) is 18.0 Å². The average molecular weight is 399 g/mol. The van der Waals surface area contributed by atoms with Gasteiger partial charge in [0.25, 0.3) is 5.78 Å². The lowest BCUT2D eigenvalue weighted by molar-refractivity contribution is -0.139. The number of aromatic nitrogens is 7. The van der Waals surface area contributed by atoms with Crippen LogP contribution in [-0.2, 0) is 16.0 Å². The molecule has 28 heavy (non-hydrogen) atoms. The summed E-state index contributed by atoms with van der Waals surface area (Å²) < 4.78 is 21.1. The number of nitrogens with zero attached hydrogens (tertiary/aromatic N) is 7. The third-order valence-corrected chi connectivity index (χ3v) is 4.69. The molecule has 4 aromatic rings. The molecule has 0 N–H and O–H groups in total. The lowest BCUT2D eigenvalue weighted by Crippen LogP contribution is -2.06. The van der Waals surface area contributed by atoms with Crippen molar-refractivity contribution in [1.82, 2.24) is 34.6 Å². The minimum absolute atomic E-state index is 0.0891. The van der Waals surface area contributed by atoms with E-state index in [0.717, 1.165) is 0 Å². The second-order valence-corrected chi connectivity index (χ2v) is 6.65. The van der Waals surface area contributed by atoms with Crippen molar-refractivity contribution in [3.8, 4) is 5.69 Å². The molecular weight excluding hydrogens is 385 g/mol. The van der Waals surface area contributed by atoms with Crippen LogP contribution in [-0.4, -0.2) is 53.4 Å². The van der Waals surface area contributed by atoms with Gasteiger partial charge in [-0.3, -0.25) is 4.79 Å². The second kappa shape index (κ2) is 7.35. The third-order valence-electron chi connectivity index (χ3n) is 3.86. The van der Waals surface area contributed by atoms with Crippen molar-refractivity contribution in [3.05, 3.63) is 48.4 Å². The molecule has 0 saturated carbocycles. The first-order valence-electron chi connectivity index (χ1n) is 8.18. The molecule has 0 aliphatic carbocycles. The van der Waals surface area contributed by atoms with Gasteiger partial charge in [-0.15, -0.1) is 21.9 Å². The summed E-state index contributed by atoms with van der Waals surface area (Å²) in [5.41, 5.74) is 1.80. The molecule has 0 amide bonds. The van der Waals surface area contributed by atoms with Gasteiger partial charge in [-0.25, -0.2) is 9.07 Å². The fourth-order valence-electron chi connectivity index (χ4n) is 2.61. The quantitative estimate of drug-likeness (QED) is 0.276. The molecule has 0 aliphatic heterocycles. The van der Waals surface area contributed by atoms with E-state index in [1.54, 1.807) is 18.2 Å². The standard InChI is InChI=1S/C17H14FN7O2S/c1-3-8-28-17-19-16-21-20-14-12(9-13(26)27-2)22-24(15(14)25(16)23-17)11-6-4-10(18)5-7-11/h3-7H,1,8-9H2,2H3. The highest BCUT2D eigenvalue weighted by Gasteiger charge is 2.21. The van der Waals surface area contributed by atoms with E-state index in [1.807, 2.05) is 0 Å². The van der Waals surface area contributed by atoms with Crippen LogP contribution in [0.1, 0.15) is 5.69 Å². The molecule has 3 heterocycles. The van der Waals surface area contributed by atoms with Crippen LogP contribution in [0.5, 0.6) is 0 Å². The number of ether oxygens (including phenoxy) is 1. The van der Waals surface area contributed by atoms with Gasteiger partial charge in [-0.05, 0) is 24.3 Å². The second-order valence-electron chi connectivity index (χ2n) is 5.67. The van der Waals surface area contributed by atoms with Crippen molar-refractivity contribution in [2.75, 3.05) is 12.9 Å². The summed E-state index contributed by atoms with van der Waals surface area (Å²) in [7, 11) is 1.30. The Morgan fingerprint density at radius 3 is 2.79 bits per heavy atom. The van der Waals surface area contributed by atoms with Crippen LogP contribution < -0.4 is 0 Å². The Bertz CT molecular complexity index is 1190. The zero-order valence-corrected chi connectivity index (χ0v) is 15.6. The minimum atomic E-state index is -0.464. The highest BCUT2D eigenvalue weighted by molar-refractivity contribution is 7.99. The van der Waals surface area contributed by atoms with Crippen LogP contribution in [0.2, 0.25) is 0 Å². The van der Waals surface area contributed by atoms with Gasteiger partial charge in [0.2, 0.25) is 5.16 Å². The van der Waals surface area contributed by atoms with Crippen LogP contribution in [0, 0.1) is 5.82 Å². The largest absolute Gasteiger partial charge is 0.469 e. The fourth-order valence-corrected chi connectivity index (χ4v) is 3.16. The highest BCUT2D eigenvalue weighted by Crippen LogP contribution is 2.23. The summed E-state index contributed by atoms with van der Waals surface area (Å²) in [4.78, 5) is 16.1. The van der Waals surface area contributed by atoms with E-state index in [4.69, 9.17) is 4.74 Å². The van der Waals surface area contributed by atoms with Crippen molar-refractivity contribution in [2.24, 2.45) is 0 Å². The van der Waals surface area contributed by atoms with E-state index in [1.165, 1.54) is 40.2 Å². The summed E-state index contributed by atoms with van der Waals surface area (Å²) in [5, 5.41) is 17.7. The van der Waals surface area contributed by atoms with Gasteiger partial charge in [0.15, 0.2) is 11.2 Å². The van der Waals surface area contributed by atoms with Gasteiger partial charge in [0.05, 0.1) is 19.2 Å². The molecule has 3 aromatic heterocycles. The molecule has 0 radical (unpaired) electrons. The summed E-state index contributed by atoms with van der Waals surface area (Å²) >= 11 is 1.40. The van der Waals surface area contributed by atoms with Crippen molar-refractivity contribution in [2.45, 2.75) is 11.6 Å². The number of carbonyl (C=O) groups excluding carboxylic acids is 1. The summed E-state index contributed by atoms with van der Waals surface area (Å²) in [6.45, 7) is 3.68. The van der Waals surface area contributed by atoms with Gasteiger partial charge < -0.3 is 4.74 Å². The Labute approximate surface area is 162 Å². The Kier molecular flexibility index (Phi) is 4.74. The molecule has 0 spiro atoms. The van der Waals surface area contributed by atoms with E-state index < -0.39 is 5.97 Å². The molecule has 0 atom stereocenters. The molecule has 0 bridgehead atoms. The maximum atomic E-state index is 13.4. The van der Waals surface area contributed by atoms with Crippen molar-refractivity contribution in [1.29, 1.82) is 0 Å². The predicted molar refractivity (Wildman–Crippen MR) is 99.8 cm³/mol. The van der Waals surface area contributed by atoms with Gasteiger partial charge >= 0.3 is 5.97 Å². The SMILES string of the molecule is C=CCSc1nc2nnc3c(CC(=O)OC)nn(-c4ccc(F)cc4)c3n2n1. The van der Waals surface area contributed by atoms with E-state index >= 15 is 0 Å².